The van der Waals surface area contributed by atoms with Crippen molar-refractivity contribution >= 4 is 0 Å². The Hall–Kier alpha value is -1.78. The molecule has 1 atom stereocenters. The van der Waals surface area contributed by atoms with Gasteiger partial charge in [0.1, 0.15) is 5.75 Å². The third-order valence-electron chi connectivity index (χ3n) is 2.79. The molecule has 0 aliphatic rings. The van der Waals surface area contributed by atoms with E-state index in [0.717, 1.165) is 23.3 Å². The summed E-state index contributed by atoms with van der Waals surface area (Å²) in [6.45, 7) is 2.63. The van der Waals surface area contributed by atoms with E-state index in [1.807, 2.05) is 37.3 Å². The van der Waals surface area contributed by atoms with E-state index in [0.29, 0.717) is 6.61 Å². The van der Waals surface area contributed by atoms with Crippen LogP contribution in [-0.2, 0) is 6.42 Å². The van der Waals surface area contributed by atoms with Gasteiger partial charge in [0.05, 0.1) is 25.2 Å². The second kappa shape index (κ2) is 6.23. The molecule has 0 aliphatic carbocycles. The van der Waals surface area contributed by atoms with Crippen molar-refractivity contribution in [2.24, 2.45) is 5.84 Å². The van der Waals surface area contributed by atoms with Gasteiger partial charge < -0.3 is 9.15 Å². The predicted molar refractivity (Wildman–Crippen MR) is 70.1 cm³/mol. The molecule has 0 saturated carbocycles. The van der Waals surface area contributed by atoms with Crippen LogP contribution in [0.4, 0.5) is 0 Å². The van der Waals surface area contributed by atoms with Gasteiger partial charge in [-0.3, -0.25) is 11.3 Å². The maximum atomic E-state index is 5.62. The minimum atomic E-state index is 0.0445. The summed E-state index contributed by atoms with van der Waals surface area (Å²) in [6, 6.07) is 9.94. The summed E-state index contributed by atoms with van der Waals surface area (Å²) < 4.78 is 10.6. The molecule has 2 rings (SSSR count). The van der Waals surface area contributed by atoms with Crippen LogP contribution in [0, 0.1) is 0 Å². The summed E-state index contributed by atoms with van der Waals surface area (Å²) >= 11 is 0. The van der Waals surface area contributed by atoms with E-state index < -0.39 is 0 Å². The number of nitrogens with two attached hydrogens (primary N) is 1. The van der Waals surface area contributed by atoms with Gasteiger partial charge in [-0.05, 0) is 42.7 Å². The number of hydrazine groups is 1. The summed E-state index contributed by atoms with van der Waals surface area (Å²) in [6.07, 6.45) is 4.18. The molecule has 2 aromatic rings. The monoisotopic (exact) mass is 246 g/mol. The van der Waals surface area contributed by atoms with Gasteiger partial charge in [0.15, 0.2) is 0 Å². The minimum Gasteiger partial charge on any atom is -0.494 e. The number of hydrogen-bond acceptors (Lipinski definition) is 4. The molecule has 18 heavy (non-hydrogen) atoms. The van der Waals surface area contributed by atoms with Crippen LogP contribution < -0.4 is 16.0 Å². The Labute approximate surface area is 107 Å². The van der Waals surface area contributed by atoms with Gasteiger partial charge in [-0.2, -0.15) is 0 Å². The second-order valence-corrected chi connectivity index (χ2v) is 4.06. The van der Waals surface area contributed by atoms with E-state index in [1.54, 1.807) is 12.5 Å². The lowest BCUT2D eigenvalue weighted by Crippen LogP contribution is -2.29. The van der Waals surface area contributed by atoms with Gasteiger partial charge in [0.2, 0.25) is 0 Å². The molecule has 0 fully saturated rings. The standard InChI is InChI=1S/C14H18N2O2/c1-2-18-13-5-3-4-12(9-13)14(16-15)8-11-6-7-17-10-11/h3-7,9-10,14,16H,2,8,15H2,1H3. The van der Waals surface area contributed by atoms with Crippen molar-refractivity contribution in [1.29, 1.82) is 0 Å². The number of furan rings is 1. The molecule has 1 heterocycles. The lowest BCUT2D eigenvalue weighted by atomic mass is 10.0. The first-order valence-electron chi connectivity index (χ1n) is 6.03. The molecule has 0 amide bonds. The number of rotatable bonds is 6. The molecule has 0 spiro atoms. The lowest BCUT2D eigenvalue weighted by Gasteiger charge is -2.16. The van der Waals surface area contributed by atoms with Crippen LogP contribution in [0.15, 0.2) is 47.3 Å². The molecular formula is C14H18N2O2. The molecule has 0 bridgehead atoms. The Kier molecular flexibility index (Phi) is 4.39. The van der Waals surface area contributed by atoms with Crippen LogP contribution >= 0.6 is 0 Å². The first-order valence-corrected chi connectivity index (χ1v) is 6.03. The molecular weight excluding hydrogens is 228 g/mol. The quantitative estimate of drug-likeness (QED) is 0.607. The Morgan fingerprint density at radius 1 is 1.39 bits per heavy atom. The van der Waals surface area contributed by atoms with Gasteiger partial charge in [-0.1, -0.05) is 12.1 Å². The van der Waals surface area contributed by atoms with Crippen LogP contribution in [0.2, 0.25) is 0 Å². The van der Waals surface area contributed by atoms with E-state index in [4.69, 9.17) is 15.0 Å². The van der Waals surface area contributed by atoms with E-state index in [-0.39, 0.29) is 6.04 Å². The third-order valence-corrected chi connectivity index (χ3v) is 2.79. The van der Waals surface area contributed by atoms with Crippen molar-refractivity contribution < 1.29 is 9.15 Å². The zero-order valence-corrected chi connectivity index (χ0v) is 10.4. The maximum Gasteiger partial charge on any atom is 0.119 e. The minimum absolute atomic E-state index is 0.0445. The fourth-order valence-electron chi connectivity index (χ4n) is 1.91. The topological polar surface area (TPSA) is 60.4 Å². The molecule has 3 N–H and O–H groups in total. The van der Waals surface area contributed by atoms with Crippen molar-refractivity contribution in [3.05, 3.63) is 54.0 Å². The van der Waals surface area contributed by atoms with Gasteiger partial charge in [0, 0.05) is 0 Å². The molecule has 0 saturated heterocycles. The largest absolute Gasteiger partial charge is 0.494 e. The fourth-order valence-corrected chi connectivity index (χ4v) is 1.91. The molecule has 4 nitrogen and oxygen atoms in total. The average Bonchev–Trinajstić information content (AvgIpc) is 2.89. The summed E-state index contributed by atoms with van der Waals surface area (Å²) in [4.78, 5) is 0. The van der Waals surface area contributed by atoms with E-state index in [9.17, 15) is 0 Å². The highest BCUT2D eigenvalue weighted by molar-refractivity contribution is 5.31. The van der Waals surface area contributed by atoms with Crippen molar-refractivity contribution in [2.75, 3.05) is 6.61 Å². The van der Waals surface area contributed by atoms with Crippen LogP contribution in [0.1, 0.15) is 24.1 Å². The summed E-state index contributed by atoms with van der Waals surface area (Å²) in [5, 5.41) is 0. The zero-order chi connectivity index (χ0) is 12.8. The number of nitrogens with one attached hydrogen (secondary N) is 1. The Morgan fingerprint density at radius 3 is 2.94 bits per heavy atom. The van der Waals surface area contributed by atoms with E-state index in [1.165, 1.54) is 0 Å². The van der Waals surface area contributed by atoms with Gasteiger partial charge in [-0.25, -0.2) is 0 Å². The van der Waals surface area contributed by atoms with Crippen molar-refractivity contribution in [1.82, 2.24) is 5.43 Å². The Bertz CT molecular complexity index is 468. The highest BCUT2D eigenvalue weighted by Gasteiger charge is 2.12. The second-order valence-electron chi connectivity index (χ2n) is 4.06. The number of hydrogen-bond donors (Lipinski definition) is 2. The summed E-state index contributed by atoms with van der Waals surface area (Å²) in [5.41, 5.74) is 5.04. The molecule has 0 aliphatic heterocycles. The van der Waals surface area contributed by atoms with Crippen LogP contribution in [0.5, 0.6) is 5.75 Å². The highest BCUT2D eigenvalue weighted by atomic mass is 16.5. The molecule has 1 aromatic carbocycles. The Balaban J connectivity index is 2.13. The van der Waals surface area contributed by atoms with Crippen molar-refractivity contribution in [3.63, 3.8) is 0 Å². The van der Waals surface area contributed by atoms with Gasteiger partial charge >= 0.3 is 0 Å². The third kappa shape index (κ3) is 3.12. The van der Waals surface area contributed by atoms with E-state index in [2.05, 4.69) is 5.43 Å². The maximum absolute atomic E-state index is 5.62. The number of benzene rings is 1. The average molecular weight is 246 g/mol. The smallest absolute Gasteiger partial charge is 0.119 e. The first kappa shape index (κ1) is 12.7. The zero-order valence-electron chi connectivity index (χ0n) is 10.4. The van der Waals surface area contributed by atoms with Crippen molar-refractivity contribution in [3.8, 4) is 5.75 Å². The SMILES string of the molecule is CCOc1cccc(C(Cc2ccoc2)NN)c1. The lowest BCUT2D eigenvalue weighted by molar-refractivity contribution is 0.339. The van der Waals surface area contributed by atoms with E-state index >= 15 is 0 Å². The molecule has 1 unspecified atom stereocenters. The summed E-state index contributed by atoms with van der Waals surface area (Å²) in [5.74, 6) is 6.49. The van der Waals surface area contributed by atoms with Crippen molar-refractivity contribution in [2.45, 2.75) is 19.4 Å². The molecule has 0 radical (unpaired) electrons. The summed E-state index contributed by atoms with van der Waals surface area (Å²) in [7, 11) is 0. The number of ether oxygens (including phenoxy) is 1. The van der Waals surface area contributed by atoms with Crippen LogP contribution in [0.25, 0.3) is 0 Å². The van der Waals surface area contributed by atoms with Gasteiger partial charge in [-0.15, -0.1) is 0 Å². The van der Waals surface area contributed by atoms with Crippen LogP contribution in [-0.4, -0.2) is 6.61 Å². The highest BCUT2D eigenvalue weighted by Crippen LogP contribution is 2.22. The fraction of sp³-hybridized carbons (Fsp3) is 0.286. The van der Waals surface area contributed by atoms with Gasteiger partial charge in [0.25, 0.3) is 0 Å². The Morgan fingerprint density at radius 2 is 2.28 bits per heavy atom. The van der Waals surface area contributed by atoms with Crippen LogP contribution in [0.3, 0.4) is 0 Å². The first-order chi connectivity index (χ1) is 8.83. The predicted octanol–water partition coefficient (Wildman–Crippen LogP) is 2.43. The normalized spacial score (nSPS) is 12.3. The molecule has 4 heteroatoms. The molecule has 96 valence electrons. The molecule has 1 aromatic heterocycles.